The van der Waals surface area contributed by atoms with Crippen LogP contribution in [0.25, 0.3) is 0 Å². The van der Waals surface area contributed by atoms with Crippen molar-refractivity contribution in [3.63, 3.8) is 0 Å². The van der Waals surface area contributed by atoms with Gasteiger partial charge >= 0.3 is 0 Å². The molecule has 0 radical (unpaired) electrons. The van der Waals surface area contributed by atoms with E-state index in [1.54, 1.807) is 11.8 Å². The van der Waals surface area contributed by atoms with Crippen LogP contribution in [0.3, 0.4) is 0 Å². The Morgan fingerprint density at radius 3 is 2.76 bits per heavy atom. The van der Waals surface area contributed by atoms with E-state index >= 15 is 0 Å². The van der Waals surface area contributed by atoms with Crippen molar-refractivity contribution in [3.8, 4) is 0 Å². The van der Waals surface area contributed by atoms with Gasteiger partial charge in [0.15, 0.2) is 0 Å². The van der Waals surface area contributed by atoms with Gasteiger partial charge in [-0.1, -0.05) is 23.8 Å². The van der Waals surface area contributed by atoms with Crippen molar-refractivity contribution < 1.29 is 0 Å². The lowest BCUT2D eigenvalue weighted by Crippen LogP contribution is -2.10. The monoisotopic (exact) mass is 244 g/mol. The first kappa shape index (κ1) is 12.1. The van der Waals surface area contributed by atoms with Gasteiger partial charge in [-0.15, -0.1) is 11.8 Å². The maximum atomic E-state index is 5.83. The summed E-state index contributed by atoms with van der Waals surface area (Å²) in [5.41, 5.74) is 8.14. The zero-order valence-electron chi connectivity index (χ0n) is 9.84. The largest absolute Gasteiger partial charge is 0.329 e. The number of aryl methyl sites for hydroxylation is 1. The van der Waals surface area contributed by atoms with Crippen molar-refractivity contribution in [1.82, 2.24) is 4.98 Å². The molecular weight excluding hydrogens is 228 g/mol. The van der Waals surface area contributed by atoms with E-state index in [1.165, 1.54) is 10.5 Å². The first-order chi connectivity index (χ1) is 8.29. The molecule has 1 atom stereocenters. The molecule has 0 saturated carbocycles. The molecule has 0 bridgehead atoms. The number of aromatic nitrogens is 1. The smallest absolute Gasteiger partial charge is 0.0639 e. The van der Waals surface area contributed by atoms with Crippen molar-refractivity contribution in [2.45, 2.75) is 17.1 Å². The average Bonchev–Trinajstić information content (AvgIpc) is 2.37. The summed E-state index contributed by atoms with van der Waals surface area (Å²) in [5, 5.41) is 0.220. The van der Waals surface area contributed by atoms with Crippen LogP contribution in [0, 0.1) is 6.92 Å². The minimum Gasteiger partial charge on any atom is -0.329 e. The third-order valence-corrected chi connectivity index (χ3v) is 3.74. The van der Waals surface area contributed by atoms with Gasteiger partial charge in [-0.2, -0.15) is 0 Å². The maximum absolute atomic E-state index is 5.83. The Bertz CT molecular complexity index is 471. The standard InChI is InChI=1S/C14H16N2S/c1-11-5-4-6-12(9-11)17-14(10-15)13-7-2-3-8-16-13/h2-9,14H,10,15H2,1H3. The van der Waals surface area contributed by atoms with E-state index in [2.05, 4.69) is 36.2 Å². The van der Waals surface area contributed by atoms with Crippen molar-refractivity contribution in [2.75, 3.05) is 6.54 Å². The first-order valence-corrected chi connectivity index (χ1v) is 6.52. The van der Waals surface area contributed by atoms with Crippen molar-refractivity contribution >= 4 is 11.8 Å². The second-order valence-corrected chi connectivity index (χ2v) is 5.19. The van der Waals surface area contributed by atoms with Gasteiger partial charge in [0.25, 0.3) is 0 Å². The fourth-order valence-electron chi connectivity index (χ4n) is 1.65. The predicted octanol–water partition coefficient (Wildman–Crippen LogP) is 3.18. The summed E-state index contributed by atoms with van der Waals surface area (Å²) >= 11 is 1.77. The summed E-state index contributed by atoms with van der Waals surface area (Å²) in [5.74, 6) is 0. The molecule has 2 N–H and O–H groups in total. The third-order valence-electron chi connectivity index (χ3n) is 2.50. The van der Waals surface area contributed by atoms with E-state index < -0.39 is 0 Å². The van der Waals surface area contributed by atoms with Crippen molar-refractivity contribution in [3.05, 3.63) is 59.9 Å². The zero-order chi connectivity index (χ0) is 12.1. The Morgan fingerprint density at radius 1 is 1.24 bits per heavy atom. The number of nitrogens with zero attached hydrogens (tertiary/aromatic N) is 1. The summed E-state index contributed by atoms with van der Waals surface area (Å²) in [6, 6.07) is 14.4. The van der Waals surface area contributed by atoms with E-state index in [9.17, 15) is 0 Å². The normalized spacial score (nSPS) is 12.4. The van der Waals surface area contributed by atoms with Gasteiger partial charge in [0, 0.05) is 17.6 Å². The van der Waals surface area contributed by atoms with E-state index in [1.807, 2.05) is 24.4 Å². The SMILES string of the molecule is Cc1cccc(SC(CN)c2ccccn2)c1. The Balaban J connectivity index is 2.16. The molecule has 88 valence electrons. The lowest BCUT2D eigenvalue weighted by Gasteiger charge is -2.13. The number of pyridine rings is 1. The first-order valence-electron chi connectivity index (χ1n) is 5.64. The average molecular weight is 244 g/mol. The second kappa shape index (κ2) is 5.84. The van der Waals surface area contributed by atoms with Crippen LogP contribution in [0.15, 0.2) is 53.6 Å². The van der Waals surface area contributed by atoms with Crippen LogP contribution in [0.5, 0.6) is 0 Å². The number of thioether (sulfide) groups is 1. The van der Waals surface area contributed by atoms with Gasteiger partial charge in [-0.05, 0) is 31.2 Å². The highest BCUT2D eigenvalue weighted by molar-refractivity contribution is 7.99. The molecule has 2 aromatic rings. The molecule has 3 heteroatoms. The Morgan fingerprint density at radius 2 is 2.12 bits per heavy atom. The maximum Gasteiger partial charge on any atom is 0.0639 e. The molecule has 1 aromatic carbocycles. The summed E-state index contributed by atoms with van der Waals surface area (Å²) in [6.45, 7) is 2.69. The summed E-state index contributed by atoms with van der Waals surface area (Å²) < 4.78 is 0. The molecular formula is C14H16N2S. The number of benzene rings is 1. The number of rotatable bonds is 4. The molecule has 0 fully saturated rings. The van der Waals surface area contributed by atoms with Gasteiger partial charge in [0.1, 0.15) is 0 Å². The van der Waals surface area contributed by atoms with Crippen molar-refractivity contribution in [2.24, 2.45) is 5.73 Å². The Hall–Kier alpha value is -1.32. The summed E-state index contributed by atoms with van der Waals surface area (Å²) in [7, 11) is 0. The fraction of sp³-hybridized carbons (Fsp3) is 0.214. The molecule has 0 aliphatic rings. The van der Waals surface area contributed by atoms with Crippen LogP contribution in [-0.4, -0.2) is 11.5 Å². The minimum atomic E-state index is 0.220. The topological polar surface area (TPSA) is 38.9 Å². The summed E-state index contributed by atoms with van der Waals surface area (Å²) in [4.78, 5) is 5.61. The van der Waals surface area contributed by atoms with Crippen LogP contribution < -0.4 is 5.73 Å². The van der Waals surface area contributed by atoms with Gasteiger partial charge in [0.2, 0.25) is 0 Å². The van der Waals surface area contributed by atoms with Gasteiger partial charge in [0.05, 0.1) is 10.9 Å². The molecule has 1 unspecified atom stereocenters. The van der Waals surface area contributed by atoms with Gasteiger partial charge in [-0.3, -0.25) is 4.98 Å². The molecule has 0 amide bonds. The highest BCUT2D eigenvalue weighted by Gasteiger charge is 2.12. The number of hydrogen-bond acceptors (Lipinski definition) is 3. The van der Waals surface area contributed by atoms with Crippen LogP contribution in [0.4, 0.5) is 0 Å². The van der Waals surface area contributed by atoms with E-state index in [4.69, 9.17) is 5.73 Å². The van der Waals surface area contributed by atoms with Crippen LogP contribution >= 0.6 is 11.8 Å². The number of hydrogen-bond donors (Lipinski definition) is 1. The molecule has 2 nitrogen and oxygen atoms in total. The highest BCUT2D eigenvalue weighted by atomic mass is 32.2. The molecule has 17 heavy (non-hydrogen) atoms. The fourth-order valence-corrected chi connectivity index (χ4v) is 2.74. The zero-order valence-corrected chi connectivity index (χ0v) is 10.7. The predicted molar refractivity (Wildman–Crippen MR) is 73.1 cm³/mol. The molecule has 1 heterocycles. The number of nitrogens with two attached hydrogens (primary N) is 1. The molecule has 0 saturated heterocycles. The van der Waals surface area contributed by atoms with Crippen molar-refractivity contribution in [1.29, 1.82) is 0 Å². The Labute approximate surface area is 106 Å². The van der Waals surface area contributed by atoms with E-state index in [0.29, 0.717) is 6.54 Å². The van der Waals surface area contributed by atoms with Gasteiger partial charge < -0.3 is 5.73 Å². The van der Waals surface area contributed by atoms with E-state index in [0.717, 1.165) is 5.69 Å². The lowest BCUT2D eigenvalue weighted by atomic mass is 10.2. The molecule has 2 rings (SSSR count). The molecule has 0 aliphatic heterocycles. The highest BCUT2D eigenvalue weighted by Crippen LogP contribution is 2.33. The molecule has 0 spiro atoms. The van der Waals surface area contributed by atoms with Crippen LogP contribution in [0.2, 0.25) is 0 Å². The minimum absolute atomic E-state index is 0.220. The van der Waals surface area contributed by atoms with Crippen LogP contribution in [-0.2, 0) is 0 Å². The van der Waals surface area contributed by atoms with Crippen LogP contribution in [0.1, 0.15) is 16.5 Å². The van der Waals surface area contributed by atoms with Gasteiger partial charge in [-0.25, -0.2) is 0 Å². The third kappa shape index (κ3) is 3.32. The summed E-state index contributed by atoms with van der Waals surface area (Å²) in [6.07, 6.45) is 1.81. The van der Waals surface area contributed by atoms with E-state index in [-0.39, 0.29) is 5.25 Å². The molecule has 0 aliphatic carbocycles. The Kier molecular flexibility index (Phi) is 4.18. The quantitative estimate of drug-likeness (QED) is 0.840. The lowest BCUT2D eigenvalue weighted by molar-refractivity contribution is 0.898. The molecule has 1 aromatic heterocycles. The second-order valence-electron chi connectivity index (χ2n) is 3.91.